The van der Waals surface area contributed by atoms with Gasteiger partial charge in [0.25, 0.3) is 0 Å². The van der Waals surface area contributed by atoms with Crippen molar-refractivity contribution in [3.63, 3.8) is 0 Å². The van der Waals surface area contributed by atoms with Gasteiger partial charge in [-0.05, 0) is 12.8 Å². The summed E-state index contributed by atoms with van der Waals surface area (Å²) in [5.74, 6) is 0.953. The van der Waals surface area contributed by atoms with Gasteiger partial charge in [-0.15, -0.1) is 0 Å². The molecule has 23 heavy (non-hydrogen) atoms. The van der Waals surface area contributed by atoms with E-state index in [1.165, 1.54) is 12.8 Å². The van der Waals surface area contributed by atoms with Crippen LogP contribution in [0, 0.1) is 0 Å². The Balaban J connectivity index is 1.45. The summed E-state index contributed by atoms with van der Waals surface area (Å²) < 4.78 is 5.23. The van der Waals surface area contributed by atoms with Gasteiger partial charge in [0, 0.05) is 38.3 Å². The van der Waals surface area contributed by atoms with E-state index in [9.17, 15) is 4.79 Å². The maximum absolute atomic E-state index is 12.1. The molecule has 2 aliphatic rings. The van der Waals surface area contributed by atoms with Gasteiger partial charge in [-0.2, -0.15) is 0 Å². The van der Waals surface area contributed by atoms with Crippen LogP contribution in [-0.4, -0.2) is 61.7 Å². The third kappa shape index (κ3) is 4.34. The molecule has 6 nitrogen and oxygen atoms in total. The summed E-state index contributed by atoms with van der Waals surface area (Å²) in [6, 6.07) is 2.42. The van der Waals surface area contributed by atoms with Crippen molar-refractivity contribution in [2.75, 3.05) is 44.7 Å². The molecule has 2 fully saturated rings. The van der Waals surface area contributed by atoms with Gasteiger partial charge >= 0.3 is 0 Å². The first-order valence-electron chi connectivity index (χ1n) is 8.50. The van der Waals surface area contributed by atoms with Crippen LogP contribution in [0.2, 0.25) is 0 Å². The molecule has 0 aromatic carbocycles. The zero-order chi connectivity index (χ0) is 16.1. The Bertz CT molecular complexity index is 523. The predicted molar refractivity (Wildman–Crippen MR) is 89.8 cm³/mol. The van der Waals surface area contributed by atoms with Crippen molar-refractivity contribution >= 4 is 11.6 Å². The molecule has 1 aliphatic carbocycles. The predicted octanol–water partition coefficient (Wildman–Crippen LogP) is 1.27. The number of anilines is 1. The molecule has 1 aromatic rings. The van der Waals surface area contributed by atoms with E-state index in [0.717, 1.165) is 50.5 Å². The third-order valence-corrected chi connectivity index (χ3v) is 4.76. The summed E-state index contributed by atoms with van der Waals surface area (Å²) in [5, 5.41) is 3.16. The summed E-state index contributed by atoms with van der Waals surface area (Å²) in [6.07, 6.45) is 8.36. The molecular formula is C17H26N4O2. The standard InChI is InChI=1S/C17H26N4O2/c1-23-16-10-15(11-18-12-16)21-8-6-20(7-9-21)13-17(22)19-14-4-2-3-5-14/h10-12,14H,2-9,13H2,1H3,(H,19,22). The fourth-order valence-electron chi connectivity index (χ4n) is 3.40. The van der Waals surface area contributed by atoms with Crippen LogP contribution in [0.3, 0.4) is 0 Å². The van der Waals surface area contributed by atoms with E-state index in [2.05, 4.69) is 20.1 Å². The second-order valence-corrected chi connectivity index (χ2v) is 6.40. The average molecular weight is 318 g/mol. The number of carbonyl (C=O) groups is 1. The molecule has 1 aliphatic heterocycles. The van der Waals surface area contributed by atoms with Gasteiger partial charge < -0.3 is 15.0 Å². The number of hydrogen-bond acceptors (Lipinski definition) is 5. The Labute approximate surface area is 137 Å². The third-order valence-electron chi connectivity index (χ3n) is 4.76. The number of piperazine rings is 1. The molecule has 1 N–H and O–H groups in total. The summed E-state index contributed by atoms with van der Waals surface area (Å²) in [7, 11) is 1.65. The first-order chi connectivity index (χ1) is 11.2. The van der Waals surface area contributed by atoms with Crippen LogP contribution in [-0.2, 0) is 4.79 Å². The van der Waals surface area contributed by atoms with Gasteiger partial charge in [0.05, 0.1) is 31.7 Å². The van der Waals surface area contributed by atoms with Crippen LogP contribution in [0.15, 0.2) is 18.5 Å². The van der Waals surface area contributed by atoms with Crippen molar-refractivity contribution in [3.05, 3.63) is 18.5 Å². The van der Waals surface area contributed by atoms with E-state index < -0.39 is 0 Å². The summed E-state index contributed by atoms with van der Waals surface area (Å²) in [6.45, 7) is 4.13. The molecule has 126 valence electrons. The molecule has 1 saturated carbocycles. The lowest BCUT2D eigenvalue weighted by Gasteiger charge is -2.35. The molecule has 0 spiro atoms. The van der Waals surface area contributed by atoms with E-state index in [-0.39, 0.29) is 5.91 Å². The van der Waals surface area contributed by atoms with Crippen molar-refractivity contribution < 1.29 is 9.53 Å². The number of rotatable bonds is 5. The number of ether oxygens (including phenoxy) is 1. The fourth-order valence-corrected chi connectivity index (χ4v) is 3.40. The Morgan fingerprint density at radius 1 is 1.26 bits per heavy atom. The Hall–Kier alpha value is -1.82. The molecule has 1 aromatic heterocycles. The first kappa shape index (κ1) is 16.1. The molecule has 0 bridgehead atoms. The van der Waals surface area contributed by atoms with Crippen molar-refractivity contribution in [2.24, 2.45) is 0 Å². The van der Waals surface area contributed by atoms with Gasteiger partial charge in [-0.1, -0.05) is 12.8 Å². The highest BCUT2D eigenvalue weighted by atomic mass is 16.5. The smallest absolute Gasteiger partial charge is 0.234 e. The lowest BCUT2D eigenvalue weighted by molar-refractivity contribution is -0.123. The number of carbonyl (C=O) groups excluding carboxylic acids is 1. The number of nitrogens with zero attached hydrogens (tertiary/aromatic N) is 3. The number of methoxy groups -OCH3 is 1. The van der Waals surface area contributed by atoms with E-state index in [1.54, 1.807) is 13.3 Å². The quantitative estimate of drug-likeness (QED) is 0.886. The number of amides is 1. The zero-order valence-corrected chi connectivity index (χ0v) is 13.8. The molecule has 6 heteroatoms. The van der Waals surface area contributed by atoms with Gasteiger partial charge in [0.2, 0.25) is 5.91 Å². The highest BCUT2D eigenvalue weighted by Crippen LogP contribution is 2.20. The minimum Gasteiger partial charge on any atom is -0.495 e. The molecule has 0 atom stereocenters. The van der Waals surface area contributed by atoms with Crippen LogP contribution >= 0.6 is 0 Å². The van der Waals surface area contributed by atoms with E-state index in [1.807, 2.05) is 12.3 Å². The minimum atomic E-state index is 0.174. The lowest BCUT2D eigenvalue weighted by Crippen LogP contribution is -2.50. The van der Waals surface area contributed by atoms with Crippen molar-refractivity contribution in [1.82, 2.24) is 15.2 Å². The normalized spacial score (nSPS) is 19.8. The highest BCUT2D eigenvalue weighted by Gasteiger charge is 2.22. The first-order valence-corrected chi connectivity index (χ1v) is 8.50. The Morgan fingerprint density at radius 3 is 2.70 bits per heavy atom. The van der Waals surface area contributed by atoms with Gasteiger partial charge in [-0.25, -0.2) is 0 Å². The average Bonchev–Trinajstić information content (AvgIpc) is 3.08. The van der Waals surface area contributed by atoms with Crippen LogP contribution in [0.1, 0.15) is 25.7 Å². The second-order valence-electron chi connectivity index (χ2n) is 6.40. The summed E-state index contributed by atoms with van der Waals surface area (Å²) in [4.78, 5) is 20.8. The molecule has 0 unspecified atom stereocenters. The molecule has 2 heterocycles. The number of hydrogen-bond donors (Lipinski definition) is 1. The largest absolute Gasteiger partial charge is 0.495 e. The van der Waals surface area contributed by atoms with Crippen molar-refractivity contribution in [2.45, 2.75) is 31.7 Å². The molecule has 3 rings (SSSR count). The second kappa shape index (κ2) is 7.64. The van der Waals surface area contributed by atoms with E-state index >= 15 is 0 Å². The topological polar surface area (TPSA) is 57.7 Å². The number of aromatic nitrogens is 1. The SMILES string of the molecule is COc1cncc(N2CCN(CC(=O)NC3CCCC3)CC2)c1. The lowest BCUT2D eigenvalue weighted by atomic mass is 10.2. The molecular weight excluding hydrogens is 292 g/mol. The monoisotopic (exact) mass is 318 g/mol. The van der Waals surface area contributed by atoms with Crippen LogP contribution in [0.4, 0.5) is 5.69 Å². The minimum absolute atomic E-state index is 0.174. The van der Waals surface area contributed by atoms with Crippen LogP contribution < -0.4 is 15.0 Å². The Kier molecular flexibility index (Phi) is 5.33. The number of pyridine rings is 1. The number of nitrogens with one attached hydrogen (secondary N) is 1. The molecule has 1 amide bonds. The summed E-state index contributed by atoms with van der Waals surface area (Å²) in [5.41, 5.74) is 1.08. The maximum Gasteiger partial charge on any atom is 0.234 e. The Morgan fingerprint density at radius 2 is 2.00 bits per heavy atom. The zero-order valence-electron chi connectivity index (χ0n) is 13.8. The van der Waals surface area contributed by atoms with Crippen LogP contribution in [0.5, 0.6) is 5.75 Å². The molecule has 0 radical (unpaired) electrons. The van der Waals surface area contributed by atoms with Gasteiger partial charge in [-0.3, -0.25) is 14.7 Å². The van der Waals surface area contributed by atoms with Gasteiger partial charge in [0.1, 0.15) is 5.75 Å². The summed E-state index contributed by atoms with van der Waals surface area (Å²) >= 11 is 0. The van der Waals surface area contributed by atoms with Crippen molar-refractivity contribution in [1.29, 1.82) is 0 Å². The van der Waals surface area contributed by atoms with Gasteiger partial charge in [0.15, 0.2) is 0 Å². The van der Waals surface area contributed by atoms with E-state index in [4.69, 9.17) is 4.74 Å². The molecule has 1 saturated heterocycles. The maximum atomic E-state index is 12.1. The van der Waals surface area contributed by atoms with E-state index in [0.29, 0.717) is 12.6 Å². The van der Waals surface area contributed by atoms with Crippen molar-refractivity contribution in [3.8, 4) is 5.75 Å². The fraction of sp³-hybridized carbons (Fsp3) is 0.647. The van der Waals surface area contributed by atoms with Crippen LogP contribution in [0.25, 0.3) is 0 Å². The highest BCUT2D eigenvalue weighted by molar-refractivity contribution is 5.78.